The van der Waals surface area contributed by atoms with Gasteiger partial charge in [-0.05, 0) is 62.2 Å². The molecule has 1 aliphatic rings. The lowest BCUT2D eigenvalue weighted by Gasteiger charge is -2.37. The molecular weight excluding hydrogens is 494 g/mol. The van der Waals surface area contributed by atoms with Gasteiger partial charge in [0.2, 0.25) is 10.0 Å². The third kappa shape index (κ3) is 5.57. The summed E-state index contributed by atoms with van der Waals surface area (Å²) in [7, 11) is -3.52. The van der Waals surface area contributed by atoms with E-state index in [2.05, 4.69) is 43.1 Å². The van der Waals surface area contributed by atoms with Crippen molar-refractivity contribution in [2.45, 2.75) is 44.6 Å². The quantitative estimate of drug-likeness (QED) is 0.315. The van der Waals surface area contributed by atoms with Gasteiger partial charge in [0.25, 0.3) is 0 Å². The lowest BCUT2D eigenvalue weighted by Crippen LogP contribution is -2.49. The van der Waals surface area contributed by atoms with Crippen molar-refractivity contribution in [3.8, 4) is 0 Å². The van der Waals surface area contributed by atoms with Gasteiger partial charge in [-0.3, -0.25) is 4.90 Å². The van der Waals surface area contributed by atoms with Crippen molar-refractivity contribution in [2.75, 3.05) is 31.5 Å². The fourth-order valence-corrected chi connectivity index (χ4v) is 6.33. The first-order valence-electron chi connectivity index (χ1n) is 13.3. The van der Waals surface area contributed by atoms with Crippen molar-refractivity contribution in [1.29, 1.82) is 0 Å². The first-order chi connectivity index (χ1) is 18.3. The number of anilines is 2. The van der Waals surface area contributed by atoms with Gasteiger partial charge in [-0.2, -0.15) is 4.31 Å². The first kappa shape index (κ1) is 26.3. The molecule has 38 heavy (non-hydrogen) atoms. The highest BCUT2D eigenvalue weighted by Crippen LogP contribution is 2.28. The van der Waals surface area contributed by atoms with E-state index in [1.54, 1.807) is 16.4 Å². The Hall–Kier alpha value is -3.33. The summed E-state index contributed by atoms with van der Waals surface area (Å²) in [6.45, 7) is 8.39. The largest absolute Gasteiger partial charge is 0.340 e. The monoisotopic (exact) mass is 529 g/mol. The number of piperazine rings is 1. The van der Waals surface area contributed by atoms with Gasteiger partial charge in [0.15, 0.2) is 0 Å². The molecule has 0 bridgehead atoms. The van der Waals surface area contributed by atoms with E-state index in [-0.39, 0.29) is 6.04 Å². The topological polar surface area (TPSA) is 78.4 Å². The number of aromatic nitrogens is 2. The lowest BCUT2D eigenvalue weighted by molar-refractivity contribution is 0.141. The number of aryl methyl sites for hydroxylation is 2. The van der Waals surface area contributed by atoms with E-state index in [1.165, 1.54) is 5.56 Å². The van der Waals surface area contributed by atoms with Crippen LogP contribution in [0.1, 0.15) is 43.3 Å². The summed E-state index contributed by atoms with van der Waals surface area (Å²) in [6.07, 6.45) is 1.99. The van der Waals surface area contributed by atoms with E-state index in [1.807, 2.05) is 48.5 Å². The number of sulfonamides is 1. The normalized spacial score (nSPS) is 16.0. The lowest BCUT2D eigenvalue weighted by atomic mass is 10.1. The van der Waals surface area contributed by atoms with E-state index >= 15 is 0 Å². The molecule has 1 N–H and O–H groups in total. The summed E-state index contributed by atoms with van der Waals surface area (Å²) in [5, 5.41) is 4.43. The number of para-hydroxylation sites is 1. The van der Waals surface area contributed by atoms with Crippen LogP contribution >= 0.6 is 0 Å². The van der Waals surface area contributed by atoms with Crippen molar-refractivity contribution >= 4 is 32.4 Å². The Labute approximate surface area is 225 Å². The van der Waals surface area contributed by atoms with Crippen molar-refractivity contribution in [3.05, 3.63) is 89.7 Å². The molecule has 1 unspecified atom stereocenters. The van der Waals surface area contributed by atoms with Gasteiger partial charge in [-0.15, -0.1) is 0 Å². The van der Waals surface area contributed by atoms with E-state index < -0.39 is 10.0 Å². The standard InChI is InChI=1S/C30H35N5O2S/c1-4-7-24-12-16-26(17-13-24)38(36,37)35-20-18-34(19-21-35)23(3)29-32-28-9-6-5-8-27(28)30(33-29)31-25-14-10-22(2)11-15-25/h5-6,8-17,23H,4,7,18-21H2,1-3H3,(H,31,32,33). The Bertz CT molecular complexity index is 1500. The van der Waals surface area contributed by atoms with Gasteiger partial charge in [0.1, 0.15) is 11.6 Å². The smallest absolute Gasteiger partial charge is 0.243 e. The SMILES string of the molecule is CCCc1ccc(S(=O)(=O)N2CCN(C(C)c3nc(Nc4ccc(C)cc4)c4ccccc4n3)CC2)cc1. The number of rotatable bonds is 8. The molecule has 7 nitrogen and oxygen atoms in total. The summed E-state index contributed by atoms with van der Waals surface area (Å²) >= 11 is 0. The van der Waals surface area contributed by atoms with Gasteiger partial charge in [0.05, 0.1) is 16.5 Å². The van der Waals surface area contributed by atoms with Gasteiger partial charge in [0, 0.05) is 37.3 Å². The van der Waals surface area contributed by atoms with Gasteiger partial charge < -0.3 is 5.32 Å². The van der Waals surface area contributed by atoms with Crippen LogP contribution in [0.15, 0.2) is 77.7 Å². The minimum atomic E-state index is -3.52. The van der Waals surface area contributed by atoms with Crippen LogP contribution in [0.25, 0.3) is 10.9 Å². The summed E-state index contributed by atoms with van der Waals surface area (Å²) in [6, 6.07) is 23.5. The van der Waals surface area contributed by atoms with Crippen molar-refractivity contribution in [2.24, 2.45) is 0 Å². The fourth-order valence-electron chi connectivity index (χ4n) is 4.91. The number of nitrogens with zero attached hydrogens (tertiary/aromatic N) is 4. The van der Waals surface area contributed by atoms with Crippen LogP contribution in [0.5, 0.6) is 0 Å². The van der Waals surface area contributed by atoms with E-state index in [0.717, 1.165) is 46.6 Å². The molecule has 1 aliphatic heterocycles. The Morgan fingerprint density at radius 1 is 0.895 bits per heavy atom. The average Bonchev–Trinajstić information content (AvgIpc) is 2.94. The molecule has 2 heterocycles. The molecule has 1 fully saturated rings. The van der Waals surface area contributed by atoms with Crippen LogP contribution < -0.4 is 5.32 Å². The molecule has 0 spiro atoms. The van der Waals surface area contributed by atoms with Crippen LogP contribution in [0.4, 0.5) is 11.5 Å². The minimum Gasteiger partial charge on any atom is -0.340 e. The Balaban J connectivity index is 1.32. The molecule has 0 amide bonds. The summed E-state index contributed by atoms with van der Waals surface area (Å²) in [5.41, 5.74) is 4.22. The minimum absolute atomic E-state index is 0.0589. The van der Waals surface area contributed by atoms with Gasteiger partial charge >= 0.3 is 0 Å². The van der Waals surface area contributed by atoms with Gasteiger partial charge in [-0.25, -0.2) is 18.4 Å². The average molecular weight is 530 g/mol. The maximum atomic E-state index is 13.3. The zero-order chi connectivity index (χ0) is 26.7. The van der Waals surface area contributed by atoms with Crippen LogP contribution in [-0.2, 0) is 16.4 Å². The van der Waals surface area contributed by atoms with Crippen LogP contribution in [0, 0.1) is 6.92 Å². The first-order valence-corrected chi connectivity index (χ1v) is 14.7. The van der Waals surface area contributed by atoms with Crippen LogP contribution in [-0.4, -0.2) is 53.8 Å². The molecule has 1 saturated heterocycles. The van der Waals surface area contributed by atoms with Crippen molar-refractivity contribution in [3.63, 3.8) is 0 Å². The molecule has 1 aromatic heterocycles. The fraction of sp³-hybridized carbons (Fsp3) is 0.333. The molecule has 8 heteroatoms. The highest BCUT2D eigenvalue weighted by Gasteiger charge is 2.31. The number of nitrogens with one attached hydrogen (secondary N) is 1. The maximum Gasteiger partial charge on any atom is 0.243 e. The Morgan fingerprint density at radius 2 is 1.58 bits per heavy atom. The zero-order valence-corrected chi connectivity index (χ0v) is 23.1. The van der Waals surface area contributed by atoms with E-state index in [9.17, 15) is 8.42 Å². The second kappa shape index (κ2) is 11.2. The summed E-state index contributed by atoms with van der Waals surface area (Å²) in [4.78, 5) is 12.4. The molecule has 198 valence electrons. The van der Waals surface area contributed by atoms with Crippen molar-refractivity contribution < 1.29 is 8.42 Å². The van der Waals surface area contributed by atoms with E-state index in [0.29, 0.717) is 31.1 Å². The molecule has 0 radical (unpaired) electrons. The predicted molar refractivity (Wildman–Crippen MR) is 153 cm³/mol. The third-order valence-electron chi connectivity index (χ3n) is 7.23. The van der Waals surface area contributed by atoms with Crippen molar-refractivity contribution in [1.82, 2.24) is 19.2 Å². The predicted octanol–water partition coefficient (Wildman–Crippen LogP) is 5.70. The number of hydrogen-bond donors (Lipinski definition) is 1. The van der Waals surface area contributed by atoms with Crippen LogP contribution in [0.2, 0.25) is 0 Å². The summed E-state index contributed by atoms with van der Waals surface area (Å²) < 4.78 is 28.1. The number of benzene rings is 3. The number of fused-ring (bicyclic) bond motifs is 1. The number of hydrogen-bond acceptors (Lipinski definition) is 6. The van der Waals surface area contributed by atoms with Crippen LogP contribution in [0.3, 0.4) is 0 Å². The molecule has 5 rings (SSSR count). The second-order valence-electron chi connectivity index (χ2n) is 9.95. The highest BCUT2D eigenvalue weighted by molar-refractivity contribution is 7.89. The zero-order valence-electron chi connectivity index (χ0n) is 22.3. The third-order valence-corrected chi connectivity index (χ3v) is 9.14. The molecule has 1 atom stereocenters. The molecule has 4 aromatic rings. The Kier molecular flexibility index (Phi) is 7.74. The highest BCUT2D eigenvalue weighted by atomic mass is 32.2. The van der Waals surface area contributed by atoms with E-state index in [4.69, 9.17) is 9.97 Å². The molecule has 3 aromatic carbocycles. The molecule has 0 aliphatic carbocycles. The molecular formula is C30H35N5O2S. The van der Waals surface area contributed by atoms with Gasteiger partial charge in [-0.1, -0.05) is 55.3 Å². The Morgan fingerprint density at radius 3 is 2.26 bits per heavy atom. The second-order valence-corrected chi connectivity index (χ2v) is 11.9. The summed E-state index contributed by atoms with van der Waals surface area (Å²) in [5.74, 6) is 1.50. The maximum absolute atomic E-state index is 13.3. The molecule has 0 saturated carbocycles.